The third-order valence-electron chi connectivity index (χ3n) is 5.68. The van der Waals surface area contributed by atoms with Crippen molar-refractivity contribution in [1.82, 2.24) is 14.3 Å². The molecule has 1 N–H and O–H groups in total. The van der Waals surface area contributed by atoms with E-state index in [4.69, 9.17) is 0 Å². The predicted octanol–water partition coefficient (Wildman–Crippen LogP) is 4.70. The lowest BCUT2D eigenvalue weighted by Gasteiger charge is -2.19. The smallest absolute Gasteiger partial charge is 0.281 e. The van der Waals surface area contributed by atoms with Crippen LogP contribution in [0, 0.1) is 42.9 Å². The summed E-state index contributed by atoms with van der Waals surface area (Å²) in [5, 5.41) is 6.69. The number of benzene rings is 2. The Morgan fingerprint density at radius 3 is 2.06 bits per heavy atom. The third kappa shape index (κ3) is 3.44. The molecule has 2 aromatic carbocycles. The lowest BCUT2D eigenvalue weighted by Crippen LogP contribution is -2.27. The van der Waals surface area contributed by atoms with E-state index in [-0.39, 0.29) is 5.39 Å². The lowest BCUT2D eigenvalue weighted by molar-refractivity contribution is -0.118. The van der Waals surface area contributed by atoms with Gasteiger partial charge in [0.05, 0.1) is 17.3 Å². The number of rotatable bonds is 4. The molecule has 0 aliphatic heterocycles. The second-order valence-electron chi connectivity index (χ2n) is 7.64. The van der Waals surface area contributed by atoms with Crippen LogP contribution in [0.4, 0.5) is 27.6 Å². The molecule has 0 saturated carbocycles. The van der Waals surface area contributed by atoms with Crippen molar-refractivity contribution in [3.63, 3.8) is 0 Å². The number of nitrogens with one attached hydrogen (secondary N) is 1. The summed E-state index contributed by atoms with van der Waals surface area (Å²) in [6.45, 7) is 4.56. The molecule has 0 spiro atoms. The molecule has 6 nitrogen and oxygen atoms in total. The van der Waals surface area contributed by atoms with Crippen LogP contribution in [0.25, 0.3) is 16.5 Å². The first-order valence-electron chi connectivity index (χ1n) is 10.0. The number of carbonyl (C=O) groups is 1. The fourth-order valence-corrected chi connectivity index (χ4v) is 3.97. The molecule has 4 rings (SSSR count). The summed E-state index contributed by atoms with van der Waals surface area (Å²) in [4.78, 5) is 25.9. The molecule has 2 aromatic heterocycles. The Kier molecular flexibility index (Phi) is 5.72. The molecule has 1 amide bonds. The van der Waals surface area contributed by atoms with E-state index in [1.165, 1.54) is 22.4 Å². The Bertz CT molecular complexity index is 1480. The first-order chi connectivity index (χ1) is 16.1. The normalized spacial score (nSPS) is 12.2. The molecular weight excluding hydrogens is 459 g/mol. The van der Waals surface area contributed by atoms with Gasteiger partial charge in [-0.15, -0.1) is 0 Å². The number of hydrogen-bond donors (Lipinski definition) is 1. The van der Waals surface area contributed by atoms with Gasteiger partial charge in [-0.25, -0.2) is 22.0 Å². The van der Waals surface area contributed by atoms with Crippen LogP contribution < -0.4 is 10.9 Å². The van der Waals surface area contributed by atoms with E-state index in [9.17, 15) is 31.5 Å². The van der Waals surface area contributed by atoms with E-state index in [0.717, 1.165) is 0 Å². The zero-order chi connectivity index (χ0) is 24.9. The number of amides is 1. The topological polar surface area (TPSA) is 68.9 Å². The SMILES string of the molecule is Cc1c2cnn(-c3ccccc3)c(=O)c2c(C)n1C(C)C(=O)Nc1c(F)c(F)c(F)c(F)c1F. The minimum Gasteiger partial charge on any atom is -0.336 e. The van der Waals surface area contributed by atoms with Crippen LogP contribution in [0.5, 0.6) is 0 Å². The Morgan fingerprint density at radius 1 is 0.912 bits per heavy atom. The van der Waals surface area contributed by atoms with Gasteiger partial charge in [-0.3, -0.25) is 9.59 Å². The number of anilines is 1. The molecule has 2 heterocycles. The molecule has 0 bridgehead atoms. The Morgan fingerprint density at radius 2 is 1.47 bits per heavy atom. The van der Waals surface area contributed by atoms with E-state index in [1.807, 2.05) is 0 Å². The quantitative estimate of drug-likeness (QED) is 0.264. The van der Waals surface area contributed by atoms with Gasteiger partial charge in [0.2, 0.25) is 11.7 Å². The van der Waals surface area contributed by atoms with Crippen molar-refractivity contribution in [2.75, 3.05) is 5.32 Å². The van der Waals surface area contributed by atoms with Crippen molar-refractivity contribution >= 4 is 22.4 Å². The summed E-state index contributed by atoms with van der Waals surface area (Å²) in [6, 6.07) is 7.47. The Labute approximate surface area is 189 Å². The van der Waals surface area contributed by atoms with Crippen LogP contribution in [0.3, 0.4) is 0 Å². The summed E-state index contributed by atoms with van der Waals surface area (Å²) in [6.07, 6.45) is 1.46. The van der Waals surface area contributed by atoms with Gasteiger partial charge < -0.3 is 9.88 Å². The molecule has 1 unspecified atom stereocenters. The largest absolute Gasteiger partial charge is 0.336 e. The molecule has 0 radical (unpaired) electrons. The standard InChI is InChI=1S/C23H17F5N4O2/c1-10-14-9-29-32(13-7-5-4-6-8-13)23(34)15(14)11(2)31(10)12(3)22(33)30-21-19(27)17(25)16(24)18(26)20(21)28/h4-9,12H,1-3H3,(H,30,33). The average Bonchev–Trinajstić information content (AvgIpc) is 3.09. The van der Waals surface area contributed by atoms with Gasteiger partial charge in [-0.2, -0.15) is 9.78 Å². The molecule has 0 fully saturated rings. The zero-order valence-corrected chi connectivity index (χ0v) is 18.1. The van der Waals surface area contributed by atoms with Gasteiger partial charge >= 0.3 is 0 Å². The van der Waals surface area contributed by atoms with E-state index in [1.54, 1.807) is 49.5 Å². The summed E-state index contributed by atoms with van der Waals surface area (Å²) < 4.78 is 71.0. The molecule has 0 aliphatic carbocycles. The second-order valence-corrected chi connectivity index (χ2v) is 7.64. The molecular formula is C23H17F5N4O2. The van der Waals surface area contributed by atoms with Crippen molar-refractivity contribution in [2.24, 2.45) is 0 Å². The summed E-state index contributed by atoms with van der Waals surface area (Å²) >= 11 is 0. The molecule has 11 heteroatoms. The maximum absolute atomic E-state index is 14.0. The maximum atomic E-state index is 14.0. The van der Waals surface area contributed by atoms with Gasteiger partial charge in [0.1, 0.15) is 11.7 Å². The van der Waals surface area contributed by atoms with Crippen molar-refractivity contribution in [1.29, 1.82) is 0 Å². The molecule has 176 valence electrons. The third-order valence-corrected chi connectivity index (χ3v) is 5.68. The molecule has 0 saturated heterocycles. The number of halogens is 5. The van der Waals surface area contributed by atoms with Crippen molar-refractivity contribution in [3.05, 3.63) is 87.4 Å². The maximum Gasteiger partial charge on any atom is 0.281 e. The Hall–Kier alpha value is -4.02. The monoisotopic (exact) mass is 476 g/mol. The number of fused-ring (bicyclic) bond motifs is 1. The van der Waals surface area contributed by atoms with E-state index < -0.39 is 52.3 Å². The second kappa shape index (κ2) is 8.40. The number of nitrogens with zero attached hydrogens (tertiary/aromatic N) is 3. The zero-order valence-electron chi connectivity index (χ0n) is 18.1. The van der Waals surface area contributed by atoms with Gasteiger partial charge in [-0.1, -0.05) is 18.2 Å². The van der Waals surface area contributed by atoms with Gasteiger partial charge in [-0.05, 0) is 32.9 Å². The molecule has 34 heavy (non-hydrogen) atoms. The van der Waals surface area contributed by atoms with E-state index >= 15 is 0 Å². The molecule has 0 aliphatic rings. The van der Waals surface area contributed by atoms with Crippen LogP contribution in [0.15, 0.2) is 41.3 Å². The van der Waals surface area contributed by atoms with Gasteiger partial charge in [0.25, 0.3) is 5.56 Å². The number of para-hydroxylation sites is 1. The fraction of sp³-hybridized carbons (Fsp3) is 0.174. The Balaban J connectivity index is 1.78. The molecule has 1 atom stereocenters. The van der Waals surface area contributed by atoms with Crippen LogP contribution in [-0.4, -0.2) is 20.3 Å². The highest BCUT2D eigenvalue weighted by molar-refractivity contribution is 5.95. The van der Waals surface area contributed by atoms with Crippen LogP contribution >= 0.6 is 0 Å². The highest BCUT2D eigenvalue weighted by Gasteiger charge is 2.29. The van der Waals surface area contributed by atoms with Crippen molar-refractivity contribution < 1.29 is 26.7 Å². The van der Waals surface area contributed by atoms with Gasteiger partial charge in [0, 0.05) is 16.8 Å². The molecule has 4 aromatic rings. The minimum atomic E-state index is -2.33. The highest BCUT2D eigenvalue weighted by atomic mass is 19.2. The number of aromatic nitrogens is 3. The lowest BCUT2D eigenvalue weighted by atomic mass is 10.2. The van der Waals surface area contributed by atoms with Crippen LogP contribution in [-0.2, 0) is 4.79 Å². The highest BCUT2D eigenvalue weighted by Crippen LogP contribution is 2.30. The first-order valence-corrected chi connectivity index (χ1v) is 10.0. The summed E-state index contributed by atoms with van der Waals surface area (Å²) in [7, 11) is 0. The number of hydrogen-bond acceptors (Lipinski definition) is 3. The van der Waals surface area contributed by atoms with Gasteiger partial charge in [0.15, 0.2) is 23.3 Å². The summed E-state index contributed by atoms with van der Waals surface area (Å²) in [5.74, 6) is -12.0. The van der Waals surface area contributed by atoms with E-state index in [2.05, 4.69) is 5.10 Å². The average molecular weight is 476 g/mol. The number of carbonyl (C=O) groups excluding carboxylic acids is 1. The minimum absolute atomic E-state index is 0.271. The van der Waals surface area contributed by atoms with Crippen molar-refractivity contribution in [3.8, 4) is 5.69 Å². The van der Waals surface area contributed by atoms with E-state index in [0.29, 0.717) is 22.5 Å². The number of aryl methyl sites for hydroxylation is 2. The fourth-order valence-electron chi connectivity index (χ4n) is 3.97. The van der Waals surface area contributed by atoms with Crippen LogP contribution in [0.1, 0.15) is 24.4 Å². The first kappa shape index (κ1) is 23.1. The predicted molar refractivity (Wildman–Crippen MR) is 114 cm³/mol. The van der Waals surface area contributed by atoms with Crippen LogP contribution in [0.2, 0.25) is 0 Å². The summed E-state index contributed by atoms with van der Waals surface area (Å²) in [5.41, 5.74) is -0.554. The van der Waals surface area contributed by atoms with Crippen molar-refractivity contribution in [2.45, 2.75) is 26.8 Å².